The molecule has 0 heterocycles. The zero-order valence-electron chi connectivity index (χ0n) is 4.98. The molecule has 0 radical (unpaired) electrons. The van der Waals surface area contributed by atoms with Crippen LogP contribution in [0.5, 0.6) is 0 Å². The van der Waals surface area contributed by atoms with Crippen molar-refractivity contribution in [2.24, 2.45) is 0 Å². The number of hydrogen-bond acceptors (Lipinski definition) is 1. The number of amides is 1. The fourth-order valence-corrected chi connectivity index (χ4v) is 0.376. The van der Waals surface area contributed by atoms with Crippen LogP contribution in [0.2, 0.25) is 0 Å². The van der Waals surface area contributed by atoms with Gasteiger partial charge in [0.2, 0.25) is 12.5 Å². The topological polar surface area (TPSA) is 29.1 Å². The van der Waals surface area contributed by atoms with E-state index in [1.807, 2.05) is 6.92 Å². The summed E-state index contributed by atoms with van der Waals surface area (Å²) in [5.74, 6) is -0.0185. The molecule has 44 valence electrons. The van der Waals surface area contributed by atoms with E-state index in [-0.39, 0.29) is 5.91 Å². The maximum Gasteiger partial charge on any atom is 0.228 e. The van der Waals surface area contributed by atoms with Gasteiger partial charge in [0, 0.05) is 6.54 Å². The third-order valence-corrected chi connectivity index (χ3v) is 0.677. The van der Waals surface area contributed by atoms with E-state index < -0.39 is 0 Å². The van der Waals surface area contributed by atoms with Crippen LogP contribution in [0, 0.1) is 6.58 Å². The Kier molecular flexibility index (Phi) is 3.81. The second-order valence-electron chi connectivity index (χ2n) is 1.39. The van der Waals surface area contributed by atoms with Crippen LogP contribution < -0.4 is 5.32 Å². The van der Waals surface area contributed by atoms with Crippen LogP contribution in [-0.4, -0.2) is 12.5 Å². The van der Waals surface area contributed by atoms with E-state index in [0.29, 0.717) is 13.0 Å². The maximum atomic E-state index is 10.4. The number of rotatable bonds is 3. The molecule has 0 aliphatic rings. The van der Waals surface area contributed by atoms with Crippen LogP contribution in [0.1, 0.15) is 13.3 Å². The molecule has 0 aromatic carbocycles. The molecule has 0 saturated carbocycles. The molecule has 0 aliphatic heterocycles. The fraction of sp³-hybridized carbons (Fsp3) is 0.500. The highest BCUT2D eigenvalue weighted by Gasteiger charge is 1.94. The van der Waals surface area contributed by atoms with Crippen molar-refractivity contribution in [3.8, 4) is 0 Å². The second kappa shape index (κ2) is 4.28. The van der Waals surface area contributed by atoms with E-state index in [2.05, 4.69) is 5.32 Å². The predicted octanol–water partition coefficient (Wildman–Crippen LogP) is 0.502. The summed E-state index contributed by atoms with van der Waals surface area (Å²) in [5, 5.41) is 2.60. The van der Waals surface area contributed by atoms with Gasteiger partial charge < -0.3 is 5.32 Å². The van der Waals surface area contributed by atoms with Gasteiger partial charge in [0.05, 0.1) is 6.42 Å². The summed E-state index contributed by atoms with van der Waals surface area (Å²) in [4.78, 5) is 10.4. The predicted molar refractivity (Wildman–Crippen MR) is 32.2 cm³/mol. The van der Waals surface area contributed by atoms with Crippen LogP contribution >= 0.6 is 0 Å². The normalized spacial score (nSPS) is 8.00. The first kappa shape index (κ1) is 7.12. The number of carbonyl (C=O) groups is 1. The summed E-state index contributed by atoms with van der Waals surface area (Å²) in [6.45, 7) is 7.52. The Labute approximate surface area is 49.6 Å². The van der Waals surface area contributed by atoms with Gasteiger partial charge in [-0.1, -0.05) is 0 Å². The highest BCUT2D eigenvalue weighted by molar-refractivity contribution is 5.77. The molecule has 0 unspecified atom stereocenters. The second-order valence-corrected chi connectivity index (χ2v) is 1.39. The van der Waals surface area contributed by atoms with E-state index in [1.165, 1.54) is 6.08 Å². The Morgan fingerprint density at radius 3 is 2.88 bits per heavy atom. The van der Waals surface area contributed by atoms with E-state index in [0.717, 1.165) is 0 Å². The molecule has 0 aromatic rings. The minimum Gasteiger partial charge on any atom is -0.356 e. The van der Waals surface area contributed by atoms with Crippen LogP contribution in [0.3, 0.4) is 0 Å². The lowest BCUT2D eigenvalue weighted by molar-refractivity contribution is -0.120. The summed E-state index contributed by atoms with van der Waals surface area (Å²) < 4.78 is 0. The van der Waals surface area contributed by atoms with Gasteiger partial charge in [-0.2, -0.15) is 0 Å². The van der Waals surface area contributed by atoms with E-state index in [1.54, 1.807) is 0 Å². The largest absolute Gasteiger partial charge is 0.356 e. The van der Waals surface area contributed by atoms with Gasteiger partial charge in [-0.05, 0) is 6.92 Å². The van der Waals surface area contributed by atoms with Gasteiger partial charge in [0.1, 0.15) is 0 Å². The molecule has 1 amide bonds. The summed E-state index contributed by atoms with van der Waals surface area (Å²) in [7, 11) is 0. The average molecular weight is 112 g/mol. The summed E-state index contributed by atoms with van der Waals surface area (Å²) in [6, 6.07) is 0. The minimum absolute atomic E-state index is 0.0185. The number of hydrogen-bond donors (Lipinski definition) is 1. The highest BCUT2D eigenvalue weighted by Crippen LogP contribution is 1.76. The van der Waals surface area contributed by atoms with Crippen molar-refractivity contribution in [2.45, 2.75) is 13.3 Å². The maximum absolute atomic E-state index is 10.4. The van der Waals surface area contributed by atoms with Gasteiger partial charge in [-0.3, -0.25) is 4.79 Å². The Balaban J connectivity index is 3.18. The lowest BCUT2D eigenvalue weighted by Crippen LogP contribution is -2.21. The smallest absolute Gasteiger partial charge is 0.228 e. The third kappa shape index (κ3) is 3.32. The van der Waals surface area contributed by atoms with Gasteiger partial charge in [0.15, 0.2) is 6.08 Å². The van der Waals surface area contributed by atoms with Crippen molar-refractivity contribution in [1.82, 2.24) is 5.32 Å². The molecule has 0 fully saturated rings. The van der Waals surface area contributed by atoms with Crippen molar-refractivity contribution in [3.05, 3.63) is 12.7 Å². The van der Waals surface area contributed by atoms with Crippen molar-refractivity contribution < 1.29 is 4.79 Å². The summed E-state index contributed by atoms with van der Waals surface area (Å²) in [6.07, 6.45) is 1.65. The lowest BCUT2D eigenvalue weighted by atomic mass is 10.4. The van der Waals surface area contributed by atoms with Crippen molar-refractivity contribution >= 4 is 5.91 Å². The molecule has 0 spiro atoms. The van der Waals surface area contributed by atoms with Gasteiger partial charge >= 0.3 is 0 Å². The highest BCUT2D eigenvalue weighted by atomic mass is 16.1. The molecule has 0 bridgehead atoms. The first-order chi connectivity index (χ1) is 3.81. The van der Waals surface area contributed by atoms with Gasteiger partial charge in [0.25, 0.3) is 0 Å². The molecule has 0 rings (SSSR count). The number of carbonyl (C=O) groups excluding carboxylic acids is 1. The zero-order valence-corrected chi connectivity index (χ0v) is 4.98. The molecule has 0 atom stereocenters. The quantitative estimate of drug-likeness (QED) is 0.529. The Morgan fingerprint density at radius 1 is 1.88 bits per heavy atom. The van der Waals surface area contributed by atoms with Crippen LogP contribution in [0.25, 0.3) is 0 Å². The average Bonchev–Trinajstić information content (AvgIpc) is 1.68. The molecule has 8 heavy (non-hydrogen) atoms. The molecule has 0 aromatic heterocycles. The van der Waals surface area contributed by atoms with E-state index in [4.69, 9.17) is 6.58 Å². The van der Waals surface area contributed by atoms with Crippen LogP contribution in [-0.2, 0) is 4.79 Å². The monoisotopic (exact) mass is 112 g/mol. The van der Waals surface area contributed by atoms with E-state index >= 15 is 0 Å². The van der Waals surface area contributed by atoms with Crippen molar-refractivity contribution in [3.63, 3.8) is 0 Å². The molecular weight excluding hydrogens is 102 g/mol. The Bertz CT molecular complexity index is 88.5. The summed E-state index contributed by atoms with van der Waals surface area (Å²) in [5.41, 5.74) is 0. The van der Waals surface area contributed by atoms with Crippen molar-refractivity contribution in [2.75, 3.05) is 6.54 Å². The van der Waals surface area contributed by atoms with Crippen LogP contribution in [0.15, 0.2) is 6.08 Å². The molecule has 2 nitrogen and oxygen atoms in total. The standard InChI is InChI=1S/C6H9NO/c1-3-5-6(8)7-4-2/h1,3H,4-5H2,2H3/p+1. The first-order valence-electron chi connectivity index (χ1n) is 2.61. The third-order valence-electron chi connectivity index (χ3n) is 0.677. The first-order valence-corrected chi connectivity index (χ1v) is 2.61. The fourth-order valence-electron chi connectivity index (χ4n) is 0.376. The summed E-state index contributed by atoms with van der Waals surface area (Å²) >= 11 is 0. The van der Waals surface area contributed by atoms with Gasteiger partial charge in [-0.15, -0.1) is 0 Å². The van der Waals surface area contributed by atoms with E-state index in [9.17, 15) is 4.79 Å². The molecule has 2 heteroatoms. The molecule has 0 aliphatic carbocycles. The Morgan fingerprint density at radius 2 is 2.50 bits per heavy atom. The minimum atomic E-state index is -0.0185. The SMILES string of the molecule is [CH+]=CCC(=O)NCC. The van der Waals surface area contributed by atoms with Crippen LogP contribution in [0.4, 0.5) is 0 Å². The molecular formula is C6H10NO+. The zero-order chi connectivity index (χ0) is 6.41. The lowest BCUT2D eigenvalue weighted by Gasteiger charge is -1.92. The Hall–Kier alpha value is -0.880. The van der Waals surface area contributed by atoms with Gasteiger partial charge in [-0.25, -0.2) is 0 Å². The number of nitrogens with one attached hydrogen (secondary N) is 1. The molecule has 1 N–H and O–H groups in total. The van der Waals surface area contributed by atoms with Crippen molar-refractivity contribution in [1.29, 1.82) is 0 Å². The molecule has 0 saturated heterocycles.